The predicted octanol–water partition coefficient (Wildman–Crippen LogP) is 5.25. The zero-order chi connectivity index (χ0) is 21.3. The van der Waals surface area contributed by atoms with Crippen LogP contribution in [-0.2, 0) is 0 Å². The number of carbonyl (C=O) groups is 1. The Labute approximate surface area is 174 Å². The summed E-state index contributed by atoms with van der Waals surface area (Å²) < 4.78 is 15.1. The number of benzene rings is 3. The van der Waals surface area contributed by atoms with Crippen molar-refractivity contribution in [2.45, 2.75) is 20.8 Å². The molecule has 0 spiro atoms. The van der Waals surface area contributed by atoms with Gasteiger partial charge >= 0.3 is 0 Å². The molecule has 5 nitrogen and oxygen atoms in total. The SMILES string of the molecule is Cc1ccc(NC(=O)c2nc(-c3ccc(F)cc3)n(-c3ccc(C)cc3C)n2)cc1. The van der Waals surface area contributed by atoms with E-state index in [2.05, 4.69) is 15.4 Å². The van der Waals surface area contributed by atoms with Gasteiger partial charge in [0.2, 0.25) is 5.82 Å². The monoisotopic (exact) mass is 400 g/mol. The Morgan fingerprint density at radius 1 is 0.900 bits per heavy atom. The summed E-state index contributed by atoms with van der Waals surface area (Å²) in [5, 5.41) is 7.31. The van der Waals surface area contributed by atoms with Crippen LogP contribution in [-0.4, -0.2) is 20.7 Å². The Bertz CT molecular complexity index is 1210. The molecular formula is C24H21FN4O. The molecule has 1 N–H and O–H groups in total. The third-order valence-corrected chi connectivity index (χ3v) is 4.80. The van der Waals surface area contributed by atoms with Crippen molar-refractivity contribution in [3.05, 3.63) is 95.1 Å². The Kier molecular flexibility index (Phi) is 5.14. The Morgan fingerprint density at radius 3 is 2.23 bits per heavy atom. The van der Waals surface area contributed by atoms with Crippen LogP contribution in [0, 0.1) is 26.6 Å². The van der Waals surface area contributed by atoms with E-state index in [0.29, 0.717) is 17.1 Å². The summed E-state index contributed by atoms with van der Waals surface area (Å²) in [6.07, 6.45) is 0. The molecule has 4 rings (SSSR count). The smallest absolute Gasteiger partial charge is 0.295 e. The molecule has 0 bridgehead atoms. The van der Waals surface area contributed by atoms with Gasteiger partial charge in [0.1, 0.15) is 5.82 Å². The van der Waals surface area contributed by atoms with Crippen molar-refractivity contribution >= 4 is 11.6 Å². The molecule has 0 aliphatic carbocycles. The number of rotatable bonds is 4. The van der Waals surface area contributed by atoms with Crippen LogP contribution in [0.25, 0.3) is 17.1 Å². The second kappa shape index (κ2) is 7.91. The first kappa shape index (κ1) is 19.5. The summed E-state index contributed by atoms with van der Waals surface area (Å²) in [6, 6.07) is 19.4. The van der Waals surface area contributed by atoms with Crippen molar-refractivity contribution in [3.8, 4) is 17.1 Å². The van der Waals surface area contributed by atoms with E-state index in [1.165, 1.54) is 12.1 Å². The molecule has 150 valence electrons. The highest BCUT2D eigenvalue weighted by atomic mass is 19.1. The lowest BCUT2D eigenvalue weighted by atomic mass is 10.1. The van der Waals surface area contributed by atoms with Crippen LogP contribution in [0.5, 0.6) is 0 Å². The summed E-state index contributed by atoms with van der Waals surface area (Å²) in [5.74, 6) is -0.245. The predicted molar refractivity (Wildman–Crippen MR) is 115 cm³/mol. The lowest BCUT2D eigenvalue weighted by Gasteiger charge is -2.10. The fraction of sp³-hybridized carbons (Fsp3) is 0.125. The van der Waals surface area contributed by atoms with E-state index in [9.17, 15) is 9.18 Å². The molecule has 0 radical (unpaired) electrons. The van der Waals surface area contributed by atoms with Gasteiger partial charge in [0, 0.05) is 11.3 Å². The third-order valence-electron chi connectivity index (χ3n) is 4.80. The number of anilines is 1. The summed E-state index contributed by atoms with van der Waals surface area (Å²) in [5.41, 5.74) is 5.35. The molecule has 0 saturated heterocycles. The highest BCUT2D eigenvalue weighted by molar-refractivity contribution is 6.01. The van der Waals surface area contributed by atoms with Crippen molar-refractivity contribution in [2.24, 2.45) is 0 Å². The molecule has 3 aromatic carbocycles. The molecule has 0 fully saturated rings. The second-order valence-electron chi connectivity index (χ2n) is 7.29. The summed E-state index contributed by atoms with van der Waals surface area (Å²) in [6.45, 7) is 5.97. The molecular weight excluding hydrogens is 379 g/mol. The van der Waals surface area contributed by atoms with Crippen LogP contribution < -0.4 is 5.32 Å². The van der Waals surface area contributed by atoms with Gasteiger partial charge < -0.3 is 5.32 Å². The molecule has 0 atom stereocenters. The zero-order valence-corrected chi connectivity index (χ0v) is 17.0. The van der Waals surface area contributed by atoms with Gasteiger partial charge in [0.15, 0.2) is 5.82 Å². The molecule has 0 aliphatic heterocycles. The molecule has 4 aromatic rings. The van der Waals surface area contributed by atoms with Gasteiger partial charge in [-0.1, -0.05) is 35.4 Å². The number of nitrogens with one attached hydrogen (secondary N) is 1. The number of amides is 1. The highest BCUT2D eigenvalue weighted by Gasteiger charge is 2.20. The number of hydrogen-bond acceptors (Lipinski definition) is 3. The molecule has 30 heavy (non-hydrogen) atoms. The van der Waals surface area contributed by atoms with Gasteiger partial charge in [-0.25, -0.2) is 14.1 Å². The number of aryl methyl sites for hydroxylation is 3. The minimum Gasteiger partial charge on any atom is -0.319 e. The second-order valence-corrected chi connectivity index (χ2v) is 7.29. The van der Waals surface area contributed by atoms with Crippen LogP contribution in [0.1, 0.15) is 27.3 Å². The van der Waals surface area contributed by atoms with Crippen molar-refractivity contribution in [3.63, 3.8) is 0 Å². The Morgan fingerprint density at radius 2 is 1.57 bits per heavy atom. The molecule has 0 saturated carbocycles. The van der Waals surface area contributed by atoms with Crippen molar-refractivity contribution in [1.29, 1.82) is 0 Å². The topological polar surface area (TPSA) is 59.8 Å². The van der Waals surface area contributed by atoms with E-state index < -0.39 is 5.91 Å². The maximum atomic E-state index is 13.4. The minimum atomic E-state index is -0.411. The van der Waals surface area contributed by atoms with E-state index in [1.54, 1.807) is 16.8 Å². The first-order chi connectivity index (χ1) is 14.4. The molecule has 0 aliphatic rings. The fourth-order valence-electron chi connectivity index (χ4n) is 3.23. The number of hydrogen-bond donors (Lipinski definition) is 1. The maximum absolute atomic E-state index is 13.4. The van der Waals surface area contributed by atoms with Gasteiger partial charge in [-0.2, -0.15) is 0 Å². The van der Waals surface area contributed by atoms with Crippen LogP contribution in [0.3, 0.4) is 0 Å². The summed E-state index contributed by atoms with van der Waals surface area (Å²) in [7, 11) is 0. The van der Waals surface area contributed by atoms with Gasteiger partial charge in [-0.05, 0) is 68.8 Å². The number of aromatic nitrogens is 3. The van der Waals surface area contributed by atoms with Gasteiger partial charge in [-0.15, -0.1) is 5.10 Å². The highest BCUT2D eigenvalue weighted by Crippen LogP contribution is 2.24. The Hall–Kier alpha value is -3.80. The van der Waals surface area contributed by atoms with Gasteiger partial charge in [0.25, 0.3) is 5.91 Å². The van der Waals surface area contributed by atoms with Crippen LogP contribution >= 0.6 is 0 Å². The molecule has 6 heteroatoms. The van der Waals surface area contributed by atoms with Gasteiger partial charge in [0.05, 0.1) is 5.69 Å². The van der Waals surface area contributed by atoms with E-state index in [0.717, 1.165) is 22.4 Å². The minimum absolute atomic E-state index is 0.0369. The Balaban J connectivity index is 1.78. The zero-order valence-electron chi connectivity index (χ0n) is 17.0. The van der Waals surface area contributed by atoms with Gasteiger partial charge in [-0.3, -0.25) is 4.79 Å². The molecule has 0 unspecified atom stereocenters. The molecule has 1 aromatic heterocycles. The first-order valence-corrected chi connectivity index (χ1v) is 9.59. The molecule has 1 amide bonds. The van der Waals surface area contributed by atoms with Crippen molar-refractivity contribution in [1.82, 2.24) is 14.8 Å². The normalized spacial score (nSPS) is 10.8. The summed E-state index contributed by atoms with van der Waals surface area (Å²) >= 11 is 0. The maximum Gasteiger partial charge on any atom is 0.295 e. The van der Waals surface area contributed by atoms with E-state index in [4.69, 9.17) is 0 Å². The van der Waals surface area contributed by atoms with E-state index >= 15 is 0 Å². The fourth-order valence-corrected chi connectivity index (χ4v) is 3.23. The lowest BCUT2D eigenvalue weighted by Crippen LogP contribution is -2.14. The number of carbonyl (C=O) groups excluding carboxylic acids is 1. The quantitative estimate of drug-likeness (QED) is 0.509. The van der Waals surface area contributed by atoms with Crippen LogP contribution in [0.2, 0.25) is 0 Å². The third kappa shape index (κ3) is 3.98. The average Bonchev–Trinajstić information content (AvgIpc) is 3.15. The number of halogens is 1. The lowest BCUT2D eigenvalue weighted by molar-refractivity contribution is 0.101. The van der Waals surface area contributed by atoms with Crippen molar-refractivity contribution < 1.29 is 9.18 Å². The molecule has 1 heterocycles. The standard InChI is InChI=1S/C24H21FN4O/c1-15-4-11-20(12-5-15)26-24(30)22-27-23(18-7-9-19(25)10-8-18)29(28-22)21-13-6-16(2)14-17(21)3/h4-14H,1-3H3,(H,26,30). The van der Waals surface area contributed by atoms with Crippen LogP contribution in [0.4, 0.5) is 10.1 Å². The summed E-state index contributed by atoms with van der Waals surface area (Å²) in [4.78, 5) is 17.3. The van der Waals surface area contributed by atoms with Crippen LogP contribution in [0.15, 0.2) is 66.7 Å². The largest absolute Gasteiger partial charge is 0.319 e. The van der Waals surface area contributed by atoms with E-state index in [-0.39, 0.29) is 11.6 Å². The first-order valence-electron chi connectivity index (χ1n) is 9.59. The van der Waals surface area contributed by atoms with Crippen molar-refractivity contribution in [2.75, 3.05) is 5.32 Å². The number of nitrogens with zero attached hydrogens (tertiary/aromatic N) is 3. The average molecular weight is 400 g/mol. The van der Waals surface area contributed by atoms with E-state index in [1.807, 2.05) is 63.2 Å².